The fourth-order valence-electron chi connectivity index (χ4n) is 2.52. The van der Waals surface area contributed by atoms with E-state index in [2.05, 4.69) is 67.6 Å². The molecule has 1 unspecified atom stereocenters. The van der Waals surface area contributed by atoms with E-state index >= 15 is 0 Å². The van der Waals surface area contributed by atoms with Crippen LogP contribution in [0, 0.1) is 0 Å². The second kappa shape index (κ2) is 6.20. The van der Waals surface area contributed by atoms with Gasteiger partial charge >= 0.3 is 0 Å². The summed E-state index contributed by atoms with van der Waals surface area (Å²) in [5, 5.41) is 6.40. The van der Waals surface area contributed by atoms with Gasteiger partial charge in [0.1, 0.15) is 0 Å². The number of thiophene rings is 1. The van der Waals surface area contributed by atoms with Crippen LogP contribution in [0.2, 0.25) is 0 Å². The molecular formula is C15H14Br2N2OS. The van der Waals surface area contributed by atoms with Crippen molar-refractivity contribution >= 4 is 54.8 Å². The molecule has 2 heterocycles. The Hall–Kier alpha value is -0.690. The summed E-state index contributed by atoms with van der Waals surface area (Å²) in [5.41, 5.74) is 3.20. The Kier molecular flexibility index (Phi) is 4.49. The maximum absolute atomic E-state index is 11.5. The van der Waals surface area contributed by atoms with Crippen LogP contribution in [-0.4, -0.2) is 12.5 Å². The predicted molar refractivity (Wildman–Crippen MR) is 94.0 cm³/mol. The van der Waals surface area contributed by atoms with Gasteiger partial charge in [0, 0.05) is 15.0 Å². The van der Waals surface area contributed by atoms with Crippen LogP contribution in [0.1, 0.15) is 29.0 Å². The molecule has 1 aliphatic rings. The summed E-state index contributed by atoms with van der Waals surface area (Å²) in [6, 6.07) is 8.49. The minimum absolute atomic E-state index is 0.0729. The highest BCUT2D eigenvalue weighted by Gasteiger charge is 2.22. The van der Waals surface area contributed by atoms with Crippen molar-refractivity contribution in [2.75, 3.05) is 11.9 Å². The van der Waals surface area contributed by atoms with Gasteiger partial charge in [0.2, 0.25) is 5.91 Å². The fourth-order valence-corrected chi connectivity index (χ4v) is 4.71. The number of hydrogen-bond donors (Lipinski definition) is 2. The minimum atomic E-state index is 0.0729. The van der Waals surface area contributed by atoms with Gasteiger partial charge in [-0.2, -0.15) is 0 Å². The van der Waals surface area contributed by atoms with Crippen molar-refractivity contribution in [1.82, 2.24) is 5.32 Å². The molecule has 3 nitrogen and oxygen atoms in total. The molecule has 0 aliphatic carbocycles. The lowest BCUT2D eigenvalue weighted by Gasteiger charge is -2.17. The monoisotopic (exact) mass is 428 g/mol. The first kappa shape index (κ1) is 15.2. The summed E-state index contributed by atoms with van der Waals surface area (Å²) in [6.07, 6.45) is 0.472. The van der Waals surface area contributed by atoms with Crippen LogP contribution >= 0.6 is 43.2 Å². The third-order valence-electron chi connectivity index (χ3n) is 3.44. The number of carbonyl (C=O) groups is 1. The second-order valence-electron chi connectivity index (χ2n) is 4.90. The van der Waals surface area contributed by atoms with Gasteiger partial charge in [0.25, 0.3) is 0 Å². The molecule has 110 valence electrons. The molecule has 0 saturated heterocycles. The van der Waals surface area contributed by atoms with Crippen molar-refractivity contribution in [2.45, 2.75) is 19.4 Å². The summed E-state index contributed by atoms with van der Waals surface area (Å²) >= 11 is 8.82. The number of benzene rings is 1. The molecule has 0 saturated carbocycles. The number of carbonyl (C=O) groups excluding carboxylic acids is 1. The molecule has 6 heteroatoms. The van der Waals surface area contributed by atoms with Gasteiger partial charge < -0.3 is 10.6 Å². The summed E-state index contributed by atoms with van der Waals surface area (Å²) in [5.74, 6) is 0.0729. The third kappa shape index (κ3) is 3.08. The first-order valence-electron chi connectivity index (χ1n) is 6.69. The van der Waals surface area contributed by atoms with Gasteiger partial charge in [-0.25, -0.2) is 0 Å². The van der Waals surface area contributed by atoms with Crippen molar-refractivity contribution in [1.29, 1.82) is 0 Å². The van der Waals surface area contributed by atoms with Gasteiger partial charge in [-0.15, -0.1) is 11.3 Å². The van der Waals surface area contributed by atoms with Gasteiger partial charge in [-0.05, 0) is 61.7 Å². The van der Waals surface area contributed by atoms with E-state index in [9.17, 15) is 4.79 Å². The number of amides is 1. The van der Waals surface area contributed by atoms with E-state index in [4.69, 9.17) is 0 Å². The molecule has 1 amide bonds. The van der Waals surface area contributed by atoms with Crippen LogP contribution in [-0.2, 0) is 11.2 Å². The zero-order chi connectivity index (χ0) is 15.0. The van der Waals surface area contributed by atoms with Crippen LogP contribution in [0.15, 0.2) is 32.5 Å². The summed E-state index contributed by atoms with van der Waals surface area (Å²) in [4.78, 5) is 12.7. The first-order chi connectivity index (χ1) is 10.1. The van der Waals surface area contributed by atoms with Crippen molar-refractivity contribution in [3.8, 4) is 0 Å². The molecule has 3 rings (SSSR count). The number of hydrogen-bond acceptors (Lipinski definition) is 3. The molecule has 1 atom stereocenters. The van der Waals surface area contributed by atoms with Gasteiger partial charge in [0.05, 0.1) is 16.2 Å². The standard InChI is InChI=1S/C15H14Br2N2OS/c1-2-18-14(12-7-10(16)15(17)21-12)8-3-4-11-9(5-8)6-13(20)19-11/h3-5,7,14,18H,2,6H2,1H3,(H,19,20). The van der Waals surface area contributed by atoms with E-state index in [1.807, 2.05) is 6.07 Å². The lowest BCUT2D eigenvalue weighted by molar-refractivity contribution is -0.115. The molecule has 0 bridgehead atoms. The van der Waals surface area contributed by atoms with Crippen molar-refractivity contribution < 1.29 is 4.79 Å². The maximum atomic E-state index is 11.5. The summed E-state index contributed by atoms with van der Waals surface area (Å²) in [7, 11) is 0. The molecule has 1 aliphatic heterocycles. The van der Waals surface area contributed by atoms with Gasteiger partial charge in [-0.3, -0.25) is 4.79 Å². The van der Waals surface area contributed by atoms with Crippen LogP contribution in [0.5, 0.6) is 0 Å². The number of anilines is 1. The Morgan fingerprint density at radius 1 is 1.38 bits per heavy atom. The second-order valence-corrected chi connectivity index (χ2v) is 8.16. The van der Waals surface area contributed by atoms with E-state index in [0.717, 1.165) is 26.1 Å². The van der Waals surface area contributed by atoms with Crippen molar-refractivity contribution in [2.24, 2.45) is 0 Å². The topological polar surface area (TPSA) is 41.1 Å². The summed E-state index contributed by atoms with van der Waals surface area (Å²) < 4.78 is 2.17. The molecule has 21 heavy (non-hydrogen) atoms. The molecule has 1 aromatic carbocycles. The first-order valence-corrected chi connectivity index (χ1v) is 9.09. The van der Waals surface area contributed by atoms with Crippen molar-refractivity contribution in [3.05, 3.63) is 48.5 Å². The molecule has 0 fully saturated rings. The molecule has 1 aromatic heterocycles. The Labute approximate surface area is 144 Å². The van der Waals surface area contributed by atoms with E-state index in [0.29, 0.717) is 6.42 Å². The number of halogens is 2. The average Bonchev–Trinajstić information content (AvgIpc) is 2.97. The maximum Gasteiger partial charge on any atom is 0.228 e. The predicted octanol–water partition coefficient (Wildman–Crippen LogP) is 4.47. The van der Waals surface area contributed by atoms with Crippen LogP contribution in [0.4, 0.5) is 5.69 Å². The van der Waals surface area contributed by atoms with E-state index in [-0.39, 0.29) is 11.9 Å². The fraction of sp³-hybridized carbons (Fsp3) is 0.267. The Morgan fingerprint density at radius 3 is 2.86 bits per heavy atom. The summed E-state index contributed by atoms with van der Waals surface area (Å²) in [6.45, 7) is 2.98. The van der Waals surface area contributed by atoms with E-state index in [1.165, 1.54) is 10.4 Å². The molecule has 0 radical (unpaired) electrons. The normalized spacial score (nSPS) is 14.9. The molecule has 2 N–H and O–H groups in total. The lowest BCUT2D eigenvalue weighted by atomic mass is 10.0. The Morgan fingerprint density at radius 2 is 2.19 bits per heavy atom. The lowest BCUT2D eigenvalue weighted by Crippen LogP contribution is -2.21. The van der Waals surface area contributed by atoms with Gasteiger partial charge in [-0.1, -0.05) is 19.1 Å². The smallest absolute Gasteiger partial charge is 0.228 e. The molecule has 0 spiro atoms. The van der Waals surface area contributed by atoms with E-state index < -0.39 is 0 Å². The highest BCUT2D eigenvalue weighted by Crippen LogP contribution is 2.38. The average molecular weight is 430 g/mol. The number of rotatable bonds is 4. The van der Waals surface area contributed by atoms with Gasteiger partial charge in [0.15, 0.2) is 0 Å². The number of nitrogens with one attached hydrogen (secondary N) is 2. The zero-order valence-corrected chi connectivity index (χ0v) is 15.4. The number of fused-ring (bicyclic) bond motifs is 1. The quantitative estimate of drug-likeness (QED) is 0.752. The molecule has 2 aromatic rings. The Bertz CT molecular complexity index is 679. The van der Waals surface area contributed by atoms with Crippen LogP contribution < -0.4 is 10.6 Å². The Balaban J connectivity index is 1.98. The van der Waals surface area contributed by atoms with E-state index in [1.54, 1.807) is 11.3 Å². The third-order valence-corrected chi connectivity index (χ3v) is 6.77. The largest absolute Gasteiger partial charge is 0.326 e. The molecular weight excluding hydrogens is 416 g/mol. The highest BCUT2D eigenvalue weighted by atomic mass is 79.9. The highest BCUT2D eigenvalue weighted by molar-refractivity contribution is 9.13. The minimum Gasteiger partial charge on any atom is -0.326 e. The zero-order valence-electron chi connectivity index (χ0n) is 11.4. The van der Waals surface area contributed by atoms with Crippen molar-refractivity contribution in [3.63, 3.8) is 0 Å². The van der Waals surface area contributed by atoms with Crippen LogP contribution in [0.25, 0.3) is 0 Å². The SMILES string of the molecule is CCNC(c1ccc2c(c1)CC(=O)N2)c1cc(Br)c(Br)s1. The van der Waals surface area contributed by atoms with Crippen LogP contribution in [0.3, 0.4) is 0 Å².